The van der Waals surface area contributed by atoms with Crippen molar-refractivity contribution in [1.82, 2.24) is 16.0 Å². The molecule has 0 bridgehead atoms. The Hall–Kier alpha value is -2.70. The van der Waals surface area contributed by atoms with Crippen LogP contribution in [0.25, 0.3) is 0 Å². The van der Waals surface area contributed by atoms with Crippen LogP contribution < -0.4 is 16.0 Å². The number of rotatable bonds is 11. The summed E-state index contributed by atoms with van der Waals surface area (Å²) in [6.45, 7) is 0.399. The van der Waals surface area contributed by atoms with Gasteiger partial charge in [0, 0.05) is 12.5 Å². The van der Waals surface area contributed by atoms with E-state index in [4.69, 9.17) is 4.74 Å². The number of aliphatic hydroxyl groups is 1. The molecule has 11 nitrogen and oxygen atoms in total. The Bertz CT molecular complexity index is 998. The SMILES string of the molecule is O=C(N[C@@H](CC1CCCCC1)C(=O)N[C@@H](C[C@@H]1CCNC1=O)C(O)S(=O)(=O)O)OCc1ccccc1. The number of alkyl carbamates (subject to hydrolysis) is 1. The lowest BCUT2D eigenvalue weighted by Gasteiger charge is -2.29. The molecule has 3 rings (SSSR count). The summed E-state index contributed by atoms with van der Waals surface area (Å²) in [5.74, 6) is -1.50. The summed E-state index contributed by atoms with van der Waals surface area (Å²) in [7, 11) is -4.92. The lowest BCUT2D eigenvalue weighted by atomic mass is 9.84. The number of hydrogen-bond acceptors (Lipinski definition) is 7. The van der Waals surface area contributed by atoms with Crippen molar-refractivity contribution in [2.75, 3.05) is 6.54 Å². The van der Waals surface area contributed by atoms with Crippen LogP contribution in [0, 0.1) is 11.8 Å². The van der Waals surface area contributed by atoms with E-state index in [1.165, 1.54) is 0 Å². The maximum Gasteiger partial charge on any atom is 0.408 e. The van der Waals surface area contributed by atoms with Crippen LogP contribution in [0.4, 0.5) is 4.79 Å². The van der Waals surface area contributed by atoms with Crippen LogP contribution in [0.1, 0.15) is 56.9 Å². The number of hydrogen-bond donors (Lipinski definition) is 5. The van der Waals surface area contributed by atoms with E-state index in [1.54, 1.807) is 24.3 Å². The molecule has 1 aliphatic carbocycles. The number of benzene rings is 1. The predicted octanol–water partition coefficient (Wildman–Crippen LogP) is 1.47. The minimum atomic E-state index is -4.92. The second-order valence-electron chi connectivity index (χ2n) is 9.53. The molecule has 5 N–H and O–H groups in total. The van der Waals surface area contributed by atoms with Crippen molar-refractivity contribution < 1.29 is 37.2 Å². The minimum Gasteiger partial charge on any atom is -0.445 e. The predicted molar refractivity (Wildman–Crippen MR) is 130 cm³/mol. The van der Waals surface area contributed by atoms with Gasteiger partial charge in [-0.15, -0.1) is 0 Å². The van der Waals surface area contributed by atoms with Gasteiger partial charge < -0.3 is 25.8 Å². The number of amides is 3. The van der Waals surface area contributed by atoms with Crippen molar-refractivity contribution in [2.24, 2.45) is 11.8 Å². The van der Waals surface area contributed by atoms with Crippen LogP contribution >= 0.6 is 0 Å². The van der Waals surface area contributed by atoms with E-state index in [-0.39, 0.29) is 24.9 Å². The molecular formula is C24H35N3O8S. The van der Waals surface area contributed by atoms with Crippen LogP contribution in [-0.2, 0) is 31.1 Å². The Morgan fingerprint density at radius 2 is 1.75 bits per heavy atom. The number of ether oxygens (including phenoxy) is 1. The first-order chi connectivity index (χ1) is 17.1. The molecule has 1 heterocycles. The molecular weight excluding hydrogens is 490 g/mol. The minimum absolute atomic E-state index is 0.00529. The Kier molecular flexibility index (Phi) is 10.1. The van der Waals surface area contributed by atoms with Gasteiger partial charge in [-0.1, -0.05) is 62.4 Å². The average Bonchev–Trinajstić information content (AvgIpc) is 3.26. The number of carbonyl (C=O) groups is 3. The fraction of sp³-hybridized carbons (Fsp3) is 0.625. The third-order valence-electron chi connectivity index (χ3n) is 6.79. The summed E-state index contributed by atoms with van der Waals surface area (Å²) in [4.78, 5) is 37.8. The molecule has 12 heteroatoms. The van der Waals surface area contributed by atoms with E-state index in [0.29, 0.717) is 19.4 Å². The summed E-state index contributed by atoms with van der Waals surface area (Å²) >= 11 is 0. The Labute approximate surface area is 211 Å². The van der Waals surface area contributed by atoms with E-state index >= 15 is 0 Å². The molecule has 1 aromatic carbocycles. The molecule has 2 aliphatic rings. The first-order valence-corrected chi connectivity index (χ1v) is 13.8. The van der Waals surface area contributed by atoms with E-state index in [9.17, 15) is 32.5 Å². The number of aliphatic hydroxyl groups excluding tert-OH is 1. The van der Waals surface area contributed by atoms with E-state index in [1.807, 2.05) is 6.07 Å². The zero-order valence-corrected chi connectivity index (χ0v) is 20.9. The molecule has 0 radical (unpaired) electrons. The van der Waals surface area contributed by atoms with Crippen molar-refractivity contribution in [2.45, 2.75) is 75.5 Å². The summed E-state index contributed by atoms with van der Waals surface area (Å²) in [5.41, 5.74) is -1.55. The average molecular weight is 526 g/mol. The molecule has 200 valence electrons. The summed E-state index contributed by atoms with van der Waals surface area (Å²) in [5, 5.41) is 17.9. The van der Waals surface area contributed by atoms with Gasteiger partial charge in [0.1, 0.15) is 12.6 Å². The van der Waals surface area contributed by atoms with Crippen molar-refractivity contribution in [3.63, 3.8) is 0 Å². The van der Waals surface area contributed by atoms with E-state index < -0.39 is 45.6 Å². The third-order valence-corrected chi connectivity index (χ3v) is 7.73. The highest BCUT2D eigenvalue weighted by atomic mass is 32.2. The highest BCUT2D eigenvalue weighted by Gasteiger charge is 2.38. The third kappa shape index (κ3) is 8.45. The molecule has 4 atom stereocenters. The van der Waals surface area contributed by atoms with Crippen molar-refractivity contribution in [3.8, 4) is 0 Å². The van der Waals surface area contributed by atoms with Gasteiger partial charge >= 0.3 is 6.09 Å². The Morgan fingerprint density at radius 1 is 1.06 bits per heavy atom. The van der Waals surface area contributed by atoms with Crippen LogP contribution in [0.3, 0.4) is 0 Å². The first kappa shape index (κ1) is 27.9. The lowest BCUT2D eigenvalue weighted by Crippen LogP contribution is -2.55. The fourth-order valence-corrected chi connectivity index (χ4v) is 5.40. The van der Waals surface area contributed by atoms with Crippen LogP contribution in [0.5, 0.6) is 0 Å². The largest absolute Gasteiger partial charge is 0.445 e. The molecule has 0 spiro atoms. The zero-order valence-electron chi connectivity index (χ0n) is 20.1. The van der Waals surface area contributed by atoms with E-state index in [2.05, 4.69) is 16.0 Å². The van der Waals surface area contributed by atoms with E-state index in [0.717, 1.165) is 37.7 Å². The van der Waals surface area contributed by atoms with Crippen LogP contribution in [0.15, 0.2) is 30.3 Å². The van der Waals surface area contributed by atoms with Crippen molar-refractivity contribution >= 4 is 28.0 Å². The molecule has 1 unspecified atom stereocenters. The van der Waals surface area contributed by atoms with Crippen molar-refractivity contribution in [3.05, 3.63) is 35.9 Å². The van der Waals surface area contributed by atoms with Gasteiger partial charge in [0.25, 0.3) is 10.1 Å². The summed E-state index contributed by atoms with van der Waals surface area (Å²) < 4.78 is 38.0. The van der Waals surface area contributed by atoms with Crippen LogP contribution in [0.2, 0.25) is 0 Å². The molecule has 3 amide bonds. The molecule has 36 heavy (non-hydrogen) atoms. The molecule has 1 saturated carbocycles. The molecule has 0 aromatic heterocycles. The highest BCUT2D eigenvalue weighted by molar-refractivity contribution is 7.86. The summed E-state index contributed by atoms with van der Waals surface area (Å²) in [6, 6.07) is 6.53. The van der Waals surface area contributed by atoms with Gasteiger partial charge in [-0.2, -0.15) is 8.42 Å². The van der Waals surface area contributed by atoms with Gasteiger partial charge in [-0.3, -0.25) is 14.1 Å². The standard InChI is InChI=1S/C24H35N3O8S/c28-21-18(11-12-25-21)14-20(23(30)36(32,33)34)26-22(29)19(13-16-7-3-1-4-8-16)27-24(31)35-15-17-9-5-2-6-10-17/h2,5-6,9-10,16,18-20,23,30H,1,3-4,7-8,11-15H2,(H,25,28)(H,26,29)(H,27,31)(H,32,33,34)/t18-,19-,20-,23?/m0/s1. The monoisotopic (exact) mass is 525 g/mol. The topological polar surface area (TPSA) is 171 Å². The summed E-state index contributed by atoms with van der Waals surface area (Å²) in [6.07, 6.45) is 4.63. The normalized spacial score (nSPS) is 21.2. The van der Waals surface area contributed by atoms with Gasteiger partial charge in [0.05, 0.1) is 6.04 Å². The smallest absolute Gasteiger partial charge is 0.408 e. The number of nitrogens with one attached hydrogen (secondary N) is 3. The van der Waals surface area contributed by atoms with Gasteiger partial charge in [0.15, 0.2) is 0 Å². The maximum atomic E-state index is 13.3. The molecule has 1 aliphatic heterocycles. The van der Waals surface area contributed by atoms with Crippen molar-refractivity contribution in [1.29, 1.82) is 0 Å². The van der Waals surface area contributed by atoms with Gasteiger partial charge in [-0.25, -0.2) is 4.79 Å². The fourth-order valence-electron chi connectivity index (χ4n) is 4.81. The maximum absolute atomic E-state index is 13.3. The molecule has 1 saturated heterocycles. The van der Waals surface area contributed by atoms with Gasteiger partial charge in [0.2, 0.25) is 17.3 Å². The molecule has 2 fully saturated rings. The molecule has 1 aromatic rings. The Morgan fingerprint density at radius 3 is 2.36 bits per heavy atom. The van der Waals surface area contributed by atoms with Crippen LogP contribution in [-0.4, -0.2) is 60.0 Å². The zero-order chi connectivity index (χ0) is 26.1. The highest BCUT2D eigenvalue weighted by Crippen LogP contribution is 2.28. The quantitative estimate of drug-likeness (QED) is 0.270. The second-order valence-corrected chi connectivity index (χ2v) is 11.0. The van der Waals surface area contributed by atoms with Gasteiger partial charge in [-0.05, 0) is 30.7 Å². The Balaban J connectivity index is 1.70. The first-order valence-electron chi connectivity index (χ1n) is 12.3. The lowest BCUT2D eigenvalue weighted by molar-refractivity contribution is -0.126. The number of carbonyl (C=O) groups excluding carboxylic acids is 3. The second kappa shape index (κ2) is 13.0.